The van der Waals surface area contributed by atoms with Crippen LogP contribution in [0.5, 0.6) is 5.75 Å². The van der Waals surface area contributed by atoms with E-state index in [1.807, 2.05) is 19.1 Å². The molecule has 0 amide bonds. The zero-order chi connectivity index (χ0) is 14.4. The van der Waals surface area contributed by atoms with Gasteiger partial charge in [-0.05, 0) is 20.8 Å². The molecular weight excluding hydrogens is 244 g/mol. The van der Waals surface area contributed by atoms with Gasteiger partial charge in [0.15, 0.2) is 5.84 Å². The van der Waals surface area contributed by atoms with Crippen molar-refractivity contribution >= 4 is 5.84 Å². The Morgan fingerprint density at radius 3 is 2.74 bits per heavy atom. The van der Waals surface area contributed by atoms with Gasteiger partial charge in [0.05, 0.1) is 19.3 Å². The third kappa shape index (κ3) is 4.75. The molecule has 0 fully saturated rings. The zero-order valence-electron chi connectivity index (χ0n) is 11.9. The Balaban J connectivity index is 2.87. The largest absolute Gasteiger partial charge is 0.497 e. The molecule has 0 saturated carbocycles. The van der Waals surface area contributed by atoms with Crippen LogP contribution in [0, 0.1) is 6.92 Å². The SMILES string of the molecule is COc1cc(C)nc(CN(C/C(N)=N/O)C(C)C)c1. The summed E-state index contributed by atoms with van der Waals surface area (Å²) in [6, 6.07) is 4.04. The van der Waals surface area contributed by atoms with Crippen LogP contribution in [-0.2, 0) is 6.54 Å². The number of hydrogen-bond donors (Lipinski definition) is 2. The van der Waals surface area contributed by atoms with Gasteiger partial charge in [0.2, 0.25) is 0 Å². The Morgan fingerprint density at radius 2 is 2.21 bits per heavy atom. The van der Waals surface area contributed by atoms with Crippen molar-refractivity contribution in [1.82, 2.24) is 9.88 Å². The average Bonchev–Trinajstić information content (AvgIpc) is 2.36. The highest BCUT2D eigenvalue weighted by atomic mass is 16.5. The van der Waals surface area contributed by atoms with Gasteiger partial charge in [0.25, 0.3) is 0 Å². The van der Waals surface area contributed by atoms with Gasteiger partial charge in [-0.3, -0.25) is 9.88 Å². The maximum atomic E-state index is 8.66. The summed E-state index contributed by atoms with van der Waals surface area (Å²) < 4.78 is 5.23. The molecule has 3 N–H and O–H groups in total. The van der Waals surface area contributed by atoms with E-state index >= 15 is 0 Å². The summed E-state index contributed by atoms with van der Waals surface area (Å²) in [6.07, 6.45) is 0. The summed E-state index contributed by atoms with van der Waals surface area (Å²) in [5.74, 6) is 0.975. The number of methoxy groups -OCH3 is 1. The zero-order valence-corrected chi connectivity index (χ0v) is 11.9. The number of aryl methyl sites for hydroxylation is 1. The molecule has 6 nitrogen and oxygen atoms in total. The standard InChI is InChI=1S/C13H22N4O2/c1-9(2)17(8-13(14)16-18)7-11-6-12(19-4)5-10(3)15-11/h5-6,9,18H,7-8H2,1-4H3,(H2,14,16). The van der Waals surface area contributed by atoms with Crippen LogP contribution in [0.2, 0.25) is 0 Å². The second-order valence-corrected chi connectivity index (χ2v) is 4.73. The number of rotatable bonds is 6. The van der Waals surface area contributed by atoms with Gasteiger partial charge in [-0.1, -0.05) is 5.16 Å². The molecular formula is C13H22N4O2. The molecule has 1 heterocycles. The highest BCUT2D eigenvalue weighted by molar-refractivity contribution is 5.81. The normalized spacial score (nSPS) is 12.2. The predicted molar refractivity (Wildman–Crippen MR) is 74.5 cm³/mol. The minimum Gasteiger partial charge on any atom is -0.497 e. The van der Waals surface area contributed by atoms with Crippen molar-refractivity contribution < 1.29 is 9.94 Å². The number of hydrogen-bond acceptors (Lipinski definition) is 5. The molecule has 106 valence electrons. The fourth-order valence-corrected chi connectivity index (χ4v) is 1.77. The molecule has 0 radical (unpaired) electrons. The molecule has 0 atom stereocenters. The van der Waals surface area contributed by atoms with Gasteiger partial charge < -0.3 is 15.7 Å². The Bertz CT molecular complexity index is 446. The van der Waals surface area contributed by atoms with Crippen LogP contribution in [0.25, 0.3) is 0 Å². The molecule has 0 saturated heterocycles. The summed E-state index contributed by atoms with van der Waals surface area (Å²) in [5, 5.41) is 11.7. The van der Waals surface area contributed by atoms with E-state index in [9.17, 15) is 0 Å². The molecule has 0 aliphatic heterocycles. The Labute approximate surface area is 113 Å². The first-order valence-electron chi connectivity index (χ1n) is 6.18. The lowest BCUT2D eigenvalue weighted by atomic mass is 10.2. The first-order valence-corrected chi connectivity index (χ1v) is 6.18. The smallest absolute Gasteiger partial charge is 0.153 e. The van der Waals surface area contributed by atoms with Crippen molar-refractivity contribution in [3.8, 4) is 5.75 Å². The third-order valence-corrected chi connectivity index (χ3v) is 2.80. The van der Waals surface area contributed by atoms with Crippen LogP contribution in [0.15, 0.2) is 17.3 Å². The van der Waals surface area contributed by atoms with E-state index in [1.165, 1.54) is 0 Å². The number of amidine groups is 1. The monoisotopic (exact) mass is 266 g/mol. The van der Waals surface area contributed by atoms with Gasteiger partial charge in [0, 0.05) is 30.4 Å². The van der Waals surface area contributed by atoms with E-state index in [4.69, 9.17) is 15.7 Å². The summed E-state index contributed by atoms with van der Waals surface area (Å²) >= 11 is 0. The molecule has 1 aromatic heterocycles. The minimum atomic E-state index is 0.188. The number of nitrogens with zero attached hydrogens (tertiary/aromatic N) is 3. The van der Waals surface area contributed by atoms with Gasteiger partial charge in [0.1, 0.15) is 5.75 Å². The quantitative estimate of drug-likeness (QED) is 0.351. The van der Waals surface area contributed by atoms with Crippen LogP contribution in [0.3, 0.4) is 0 Å². The maximum absolute atomic E-state index is 8.66. The van der Waals surface area contributed by atoms with Crippen LogP contribution in [-0.4, -0.2) is 40.6 Å². The van der Waals surface area contributed by atoms with Crippen LogP contribution in [0.4, 0.5) is 0 Å². The topological polar surface area (TPSA) is 84.0 Å². The van der Waals surface area contributed by atoms with Crippen molar-refractivity contribution in [2.24, 2.45) is 10.9 Å². The number of oxime groups is 1. The lowest BCUT2D eigenvalue weighted by Gasteiger charge is -2.25. The fourth-order valence-electron chi connectivity index (χ4n) is 1.77. The third-order valence-electron chi connectivity index (χ3n) is 2.80. The summed E-state index contributed by atoms with van der Waals surface area (Å²) in [4.78, 5) is 6.54. The highest BCUT2D eigenvalue weighted by Gasteiger charge is 2.13. The van der Waals surface area contributed by atoms with Crippen molar-refractivity contribution in [3.05, 3.63) is 23.5 Å². The second kappa shape index (κ2) is 6.94. The van der Waals surface area contributed by atoms with Crippen LogP contribution < -0.4 is 10.5 Å². The summed E-state index contributed by atoms with van der Waals surface area (Å²) in [6.45, 7) is 7.04. The van der Waals surface area contributed by atoms with Crippen molar-refractivity contribution in [3.63, 3.8) is 0 Å². The molecule has 19 heavy (non-hydrogen) atoms. The van der Waals surface area contributed by atoms with Crippen molar-refractivity contribution in [2.75, 3.05) is 13.7 Å². The Hall–Kier alpha value is -1.82. The number of ether oxygens (including phenoxy) is 1. The molecule has 1 rings (SSSR count). The molecule has 0 bridgehead atoms. The molecule has 0 aromatic carbocycles. The second-order valence-electron chi connectivity index (χ2n) is 4.73. The fraction of sp³-hybridized carbons (Fsp3) is 0.538. The number of aromatic nitrogens is 1. The lowest BCUT2D eigenvalue weighted by molar-refractivity contribution is 0.235. The van der Waals surface area contributed by atoms with Gasteiger partial charge >= 0.3 is 0 Å². The van der Waals surface area contributed by atoms with Gasteiger partial charge in [-0.15, -0.1) is 0 Å². The van der Waals surface area contributed by atoms with E-state index in [2.05, 4.69) is 28.9 Å². The molecule has 1 aromatic rings. The van der Waals surface area contributed by atoms with Crippen LogP contribution >= 0.6 is 0 Å². The molecule has 0 spiro atoms. The number of nitrogens with two attached hydrogens (primary N) is 1. The minimum absolute atomic E-state index is 0.188. The van der Waals surface area contributed by atoms with Gasteiger partial charge in [-0.2, -0.15) is 0 Å². The maximum Gasteiger partial charge on any atom is 0.153 e. The first kappa shape index (κ1) is 15.2. The van der Waals surface area contributed by atoms with Gasteiger partial charge in [-0.25, -0.2) is 0 Å². The molecule has 0 unspecified atom stereocenters. The average molecular weight is 266 g/mol. The molecule has 0 aliphatic rings. The van der Waals surface area contributed by atoms with E-state index in [0.717, 1.165) is 17.1 Å². The van der Waals surface area contributed by atoms with Crippen molar-refractivity contribution in [1.29, 1.82) is 0 Å². The Morgan fingerprint density at radius 1 is 1.53 bits per heavy atom. The van der Waals surface area contributed by atoms with Crippen molar-refractivity contribution in [2.45, 2.75) is 33.4 Å². The highest BCUT2D eigenvalue weighted by Crippen LogP contribution is 2.15. The van der Waals surface area contributed by atoms with E-state index in [-0.39, 0.29) is 11.9 Å². The molecule has 0 aliphatic carbocycles. The first-order chi connectivity index (χ1) is 8.96. The van der Waals surface area contributed by atoms with E-state index in [1.54, 1.807) is 7.11 Å². The Kier molecular flexibility index (Phi) is 5.57. The summed E-state index contributed by atoms with van der Waals surface area (Å²) in [7, 11) is 1.63. The molecule has 6 heteroatoms. The number of pyridine rings is 1. The lowest BCUT2D eigenvalue weighted by Crippen LogP contribution is -2.38. The van der Waals surface area contributed by atoms with E-state index in [0.29, 0.717) is 13.1 Å². The predicted octanol–water partition coefficient (Wildman–Crippen LogP) is 1.36. The van der Waals surface area contributed by atoms with E-state index < -0.39 is 0 Å². The van der Waals surface area contributed by atoms with Crippen LogP contribution in [0.1, 0.15) is 25.2 Å². The summed E-state index contributed by atoms with van der Waals surface area (Å²) in [5.41, 5.74) is 7.37.